The van der Waals surface area contributed by atoms with E-state index in [2.05, 4.69) is 49.7 Å². The normalized spacial score (nSPS) is 19.7. The molecule has 2 saturated heterocycles. The first-order valence-corrected chi connectivity index (χ1v) is 11.8. The van der Waals surface area contributed by atoms with Crippen LogP contribution in [0.15, 0.2) is 65.7 Å². The van der Waals surface area contributed by atoms with Crippen molar-refractivity contribution < 1.29 is 14.3 Å². The fourth-order valence-corrected chi connectivity index (χ4v) is 4.09. The third-order valence-corrected chi connectivity index (χ3v) is 5.84. The summed E-state index contributed by atoms with van der Waals surface area (Å²) in [5, 5.41) is 5.56. The number of carbonyl (C=O) groups is 2. The Labute approximate surface area is 200 Å². The molecule has 0 aliphatic carbocycles. The third kappa shape index (κ3) is 6.26. The van der Waals surface area contributed by atoms with Gasteiger partial charge in [-0.1, -0.05) is 43.3 Å². The molecular formula is C25H32N6O3. The molecular weight excluding hydrogens is 432 g/mol. The lowest BCUT2D eigenvalue weighted by atomic mass is 10.2. The number of rotatable bonds is 6. The maximum atomic E-state index is 12.7. The maximum absolute atomic E-state index is 12.7. The van der Waals surface area contributed by atoms with Crippen LogP contribution in [-0.4, -0.2) is 79.8 Å². The highest BCUT2D eigenvalue weighted by Gasteiger charge is 2.36. The highest BCUT2D eigenvalue weighted by Crippen LogP contribution is 2.18. The predicted octanol–water partition coefficient (Wildman–Crippen LogP) is 3.22. The van der Waals surface area contributed by atoms with Crippen LogP contribution in [0, 0.1) is 0 Å². The number of nitrogens with zero attached hydrogens (tertiary/aromatic N) is 4. The number of aliphatic imine (C=N–C) groups is 1. The largest absolute Gasteiger partial charge is 0.458 e. The van der Waals surface area contributed by atoms with E-state index in [0.29, 0.717) is 25.3 Å². The van der Waals surface area contributed by atoms with Gasteiger partial charge in [0.15, 0.2) is 0 Å². The highest BCUT2D eigenvalue weighted by atomic mass is 16.5. The molecule has 9 heteroatoms. The summed E-state index contributed by atoms with van der Waals surface area (Å²) in [4.78, 5) is 35.3. The van der Waals surface area contributed by atoms with Gasteiger partial charge in [0, 0.05) is 50.6 Å². The average molecular weight is 465 g/mol. The Hall–Kier alpha value is -3.59. The van der Waals surface area contributed by atoms with E-state index in [0.717, 1.165) is 32.6 Å². The molecule has 34 heavy (non-hydrogen) atoms. The van der Waals surface area contributed by atoms with Crippen LogP contribution < -0.4 is 15.5 Å². The molecule has 1 atom stereocenters. The minimum atomic E-state index is -0.577. The van der Waals surface area contributed by atoms with E-state index in [9.17, 15) is 9.59 Å². The molecule has 0 saturated carbocycles. The van der Waals surface area contributed by atoms with Crippen LogP contribution in [0.4, 0.5) is 21.0 Å². The van der Waals surface area contributed by atoms with Gasteiger partial charge in [0.25, 0.3) is 0 Å². The number of ether oxygens (including phenoxy) is 1. The van der Waals surface area contributed by atoms with Crippen LogP contribution >= 0.6 is 0 Å². The second-order valence-electron chi connectivity index (χ2n) is 8.40. The molecule has 2 aromatic rings. The number of carbonyl (C=O) groups excluding carboxylic acids is 2. The number of amides is 4. The predicted molar refractivity (Wildman–Crippen MR) is 133 cm³/mol. The molecule has 180 valence electrons. The van der Waals surface area contributed by atoms with Crippen molar-refractivity contribution in [1.82, 2.24) is 15.1 Å². The molecule has 0 spiro atoms. The molecule has 2 fully saturated rings. The Kier molecular flexibility index (Phi) is 7.98. The van der Waals surface area contributed by atoms with Gasteiger partial charge in [-0.3, -0.25) is 4.90 Å². The van der Waals surface area contributed by atoms with Gasteiger partial charge in [-0.2, -0.15) is 0 Å². The zero-order valence-electron chi connectivity index (χ0n) is 19.5. The molecule has 4 amide bonds. The Bertz CT molecular complexity index is 977. The van der Waals surface area contributed by atoms with Crippen molar-refractivity contribution in [2.45, 2.75) is 19.4 Å². The fraction of sp³-hybridized carbons (Fsp3) is 0.400. The zero-order chi connectivity index (χ0) is 23.8. The highest BCUT2D eigenvalue weighted by molar-refractivity contribution is 6.02. The van der Waals surface area contributed by atoms with Crippen LogP contribution in [0.1, 0.15) is 13.3 Å². The summed E-state index contributed by atoms with van der Waals surface area (Å²) >= 11 is 0. The van der Waals surface area contributed by atoms with Crippen LogP contribution in [0.25, 0.3) is 0 Å². The number of hydrogen-bond acceptors (Lipinski definition) is 5. The average Bonchev–Trinajstić information content (AvgIpc) is 3.26. The number of urea groups is 2. The van der Waals surface area contributed by atoms with Crippen LogP contribution in [0.2, 0.25) is 0 Å². The maximum Gasteiger partial charge on any atom is 0.349 e. The molecule has 0 aromatic heterocycles. The topological polar surface area (TPSA) is 89.5 Å². The van der Waals surface area contributed by atoms with Crippen molar-refractivity contribution in [1.29, 1.82) is 0 Å². The van der Waals surface area contributed by atoms with Crippen LogP contribution in [0.3, 0.4) is 0 Å². The van der Waals surface area contributed by atoms with Crippen molar-refractivity contribution in [3.63, 3.8) is 0 Å². The molecule has 9 nitrogen and oxygen atoms in total. The first kappa shape index (κ1) is 23.6. The molecule has 0 bridgehead atoms. The lowest BCUT2D eigenvalue weighted by Gasteiger charge is -2.36. The summed E-state index contributed by atoms with van der Waals surface area (Å²) in [5.74, 6) is 0. The molecule has 0 radical (unpaired) electrons. The van der Waals surface area contributed by atoms with Gasteiger partial charge < -0.3 is 20.3 Å². The van der Waals surface area contributed by atoms with E-state index in [-0.39, 0.29) is 18.2 Å². The van der Waals surface area contributed by atoms with Crippen molar-refractivity contribution in [3.05, 3.63) is 60.7 Å². The van der Waals surface area contributed by atoms with E-state index < -0.39 is 6.03 Å². The monoisotopic (exact) mass is 464 g/mol. The van der Waals surface area contributed by atoms with E-state index in [1.54, 1.807) is 12.1 Å². The first-order chi connectivity index (χ1) is 16.6. The summed E-state index contributed by atoms with van der Waals surface area (Å²) in [7, 11) is 0. The summed E-state index contributed by atoms with van der Waals surface area (Å²) in [5.41, 5.74) is 1.86. The van der Waals surface area contributed by atoms with Gasteiger partial charge in [-0.25, -0.2) is 14.5 Å². The lowest BCUT2D eigenvalue weighted by molar-refractivity contribution is 0.143. The van der Waals surface area contributed by atoms with Crippen molar-refractivity contribution in [3.8, 4) is 0 Å². The molecule has 2 aromatic carbocycles. The van der Waals surface area contributed by atoms with Crippen molar-refractivity contribution in [2.24, 2.45) is 4.99 Å². The number of nitrogens with one attached hydrogen (secondary N) is 2. The minimum absolute atomic E-state index is 0.0370. The Morgan fingerprint density at radius 1 is 1.00 bits per heavy atom. The lowest BCUT2D eigenvalue weighted by Crippen LogP contribution is -2.49. The van der Waals surface area contributed by atoms with Gasteiger partial charge >= 0.3 is 18.1 Å². The van der Waals surface area contributed by atoms with Gasteiger partial charge in [0.2, 0.25) is 0 Å². The fourth-order valence-electron chi connectivity index (χ4n) is 4.09. The van der Waals surface area contributed by atoms with E-state index in [1.807, 2.05) is 31.2 Å². The van der Waals surface area contributed by atoms with E-state index >= 15 is 0 Å². The quantitative estimate of drug-likeness (QED) is 0.685. The zero-order valence-corrected chi connectivity index (χ0v) is 19.5. The number of benzene rings is 2. The number of para-hydroxylation sites is 2. The molecule has 2 heterocycles. The summed E-state index contributed by atoms with van der Waals surface area (Å²) in [6.07, 6.45) is 0.565. The summed E-state index contributed by atoms with van der Waals surface area (Å²) in [6, 6.07) is 18.6. The van der Waals surface area contributed by atoms with Crippen LogP contribution in [-0.2, 0) is 4.74 Å². The second-order valence-corrected chi connectivity index (χ2v) is 8.40. The Morgan fingerprint density at radius 2 is 1.68 bits per heavy atom. The Balaban J connectivity index is 1.36. The third-order valence-electron chi connectivity index (χ3n) is 5.84. The Morgan fingerprint density at radius 3 is 2.35 bits per heavy atom. The smallest absolute Gasteiger partial charge is 0.349 e. The van der Waals surface area contributed by atoms with E-state index in [4.69, 9.17) is 4.74 Å². The number of anilines is 2. The first-order valence-electron chi connectivity index (χ1n) is 11.8. The number of hydrogen-bond donors (Lipinski definition) is 2. The number of piperazine rings is 1. The summed E-state index contributed by atoms with van der Waals surface area (Å²) < 4.78 is 6.00. The second kappa shape index (κ2) is 11.5. The summed E-state index contributed by atoms with van der Waals surface area (Å²) in [6.45, 7) is 7.21. The minimum Gasteiger partial charge on any atom is -0.458 e. The SMILES string of the molecule is CCCNC(=O)N1CC(CN2CCN(c3ccccc3)CC2)O/C1=N/C(=O)Nc1ccccc1. The van der Waals surface area contributed by atoms with Crippen molar-refractivity contribution >= 4 is 29.5 Å². The van der Waals surface area contributed by atoms with Gasteiger partial charge in [0.1, 0.15) is 6.10 Å². The molecule has 4 rings (SSSR count). The molecule has 2 N–H and O–H groups in total. The van der Waals surface area contributed by atoms with Gasteiger partial charge in [-0.15, -0.1) is 4.99 Å². The number of amidine groups is 1. The molecule has 2 aliphatic rings. The van der Waals surface area contributed by atoms with Gasteiger partial charge in [0.05, 0.1) is 6.54 Å². The van der Waals surface area contributed by atoms with Crippen LogP contribution in [0.5, 0.6) is 0 Å². The van der Waals surface area contributed by atoms with E-state index in [1.165, 1.54) is 10.6 Å². The molecule has 2 aliphatic heterocycles. The van der Waals surface area contributed by atoms with Gasteiger partial charge in [-0.05, 0) is 30.7 Å². The van der Waals surface area contributed by atoms with Crippen molar-refractivity contribution in [2.75, 3.05) is 56.0 Å². The molecule has 1 unspecified atom stereocenters. The standard InChI is InChI=1S/C25H32N6O3/c1-2-13-26-24(33)31-19-22(34-25(31)28-23(32)27-20-9-5-3-6-10-20)18-29-14-16-30(17-15-29)21-11-7-4-8-12-21/h3-12,22H,2,13-19H2,1H3,(H,26,33)(H,27,32)/b28-25+.